The molecule has 0 aliphatic rings. The molecule has 0 radical (unpaired) electrons. The summed E-state index contributed by atoms with van der Waals surface area (Å²) < 4.78 is 5.33. The maximum atomic E-state index is 10.7. The van der Waals surface area contributed by atoms with Gasteiger partial charge in [0.15, 0.2) is 0 Å². The van der Waals surface area contributed by atoms with Gasteiger partial charge in [0.1, 0.15) is 16.0 Å². The summed E-state index contributed by atoms with van der Waals surface area (Å²) in [6.45, 7) is 6.06. The number of thiazole rings is 1. The molecule has 0 aromatic carbocycles. The van der Waals surface area contributed by atoms with Crippen LogP contribution in [0, 0.1) is 6.92 Å². The highest BCUT2D eigenvalue weighted by Gasteiger charge is 2.17. The first kappa shape index (κ1) is 11.1. The number of aromatic nitrogens is 1. The summed E-state index contributed by atoms with van der Waals surface area (Å²) >= 11 is 1.18. The molecule has 78 valence electrons. The van der Waals surface area contributed by atoms with Gasteiger partial charge in [-0.05, 0) is 20.8 Å². The van der Waals surface area contributed by atoms with Crippen molar-refractivity contribution >= 4 is 17.3 Å². The van der Waals surface area contributed by atoms with Crippen LogP contribution in [0.2, 0.25) is 0 Å². The largest absolute Gasteiger partial charge is 0.477 e. The van der Waals surface area contributed by atoms with Gasteiger partial charge in [0, 0.05) is 6.61 Å². The molecule has 1 aromatic rings. The molecule has 0 aliphatic heterocycles. The number of carboxylic acid groups (broad SMARTS) is 1. The number of ether oxygens (including phenoxy) is 1. The fourth-order valence-corrected chi connectivity index (χ4v) is 2.02. The fraction of sp³-hybridized carbons (Fsp3) is 0.556. The zero-order valence-electron chi connectivity index (χ0n) is 8.40. The Morgan fingerprint density at radius 2 is 2.36 bits per heavy atom. The molecule has 1 aromatic heterocycles. The normalized spacial score (nSPS) is 12.8. The first-order valence-electron chi connectivity index (χ1n) is 4.38. The van der Waals surface area contributed by atoms with E-state index in [1.807, 2.05) is 13.8 Å². The minimum absolute atomic E-state index is 0.128. The summed E-state index contributed by atoms with van der Waals surface area (Å²) in [4.78, 5) is 15.2. The van der Waals surface area contributed by atoms with Gasteiger partial charge in [0.2, 0.25) is 0 Å². The third kappa shape index (κ3) is 2.30. The minimum Gasteiger partial charge on any atom is -0.477 e. The molecule has 0 bridgehead atoms. The van der Waals surface area contributed by atoms with Gasteiger partial charge < -0.3 is 9.84 Å². The molecule has 0 saturated heterocycles. The van der Waals surface area contributed by atoms with Crippen LogP contribution in [-0.4, -0.2) is 22.7 Å². The Morgan fingerprint density at radius 1 is 1.71 bits per heavy atom. The van der Waals surface area contributed by atoms with Crippen molar-refractivity contribution in [2.75, 3.05) is 6.61 Å². The zero-order chi connectivity index (χ0) is 10.7. The highest BCUT2D eigenvalue weighted by molar-refractivity contribution is 7.13. The van der Waals surface area contributed by atoms with Crippen LogP contribution in [0.15, 0.2) is 0 Å². The molecule has 0 unspecified atom stereocenters. The second kappa shape index (κ2) is 4.52. The Morgan fingerprint density at radius 3 is 2.79 bits per heavy atom. The number of nitrogens with zero attached hydrogens (tertiary/aromatic N) is 1. The van der Waals surface area contributed by atoms with Gasteiger partial charge in [0.25, 0.3) is 0 Å². The molecule has 0 spiro atoms. The van der Waals surface area contributed by atoms with Crippen LogP contribution in [0.5, 0.6) is 0 Å². The average Bonchev–Trinajstić information content (AvgIpc) is 2.48. The standard InChI is InChI=1S/C9H13NO3S/c1-4-13-6(3)8-10-5(2)7(14-8)9(11)12/h6H,4H2,1-3H3,(H,11,12)/t6-/m0/s1. The number of carbonyl (C=O) groups is 1. The molecule has 0 amide bonds. The van der Waals surface area contributed by atoms with Gasteiger partial charge in [-0.2, -0.15) is 0 Å². The summed E-state index contributed by atoms with van der Waals surface area (Å²) in [6, 6.07) is 0. The predicted molar refractivity (Wildman–Crippen MR) is 53.9 cm³/mol. The van der Waals surface area contributed by atoms with Crippen LogP contribution in [0.3, 0.4) is 0 Å². The lowest BCUT2D eigenvalue weighted by Crippen LogP contribution is -1.98. The Hall–Kier alpha value is -0.940. The summed E-state index contributed by atoms with van der Waals surface area (Å²) in [5.41, 5.74) is 0.559. The Labute approximate surface area is 86.6 Å². The van der Waals surface area contributed by atoms with Crippen molar-refractivity contribution in [3.8, 4) is 0 Å². The van der Waals surface area contributed by atoms with Crippen molar-refractivity contribution in [1.82, 2.24) is 4.98 Å². The first-order chi connectivity index (χ1) is 6.56. The Bertz CT molecular complexity index is 335. The van der Waals surface area contributed by atoms with Gasteiger partial charge in [-0.15, -0.1) is 11.3 Å². The van der Waals surface area contributed by atoms with E-state index in [1.165, 1.54) is 11.3 Å². The van der Waals surface area contributed by atoms with Gasteiger partial charge in [-0.3, -0.25) is 0 Å². The Kier molecular flexibility index (Phi) is 3.60. The van der Waals surface area contributed by atoms with Gasteiger partial charge in [-0.1, -0.05) is 0 Å². The molecule has 1 rings (SSSR count). The van der Waals surface area contributed by atoms with E-state index in [1.54, 1.807) is 6.92 Å². The highest BCUT2D eigenvalue weighted by atomic mass is 32.1. The number of aromatic carboxylic acids is 1. The van der Waals surface area contributed by atoms with Crippen LogP contribution < -0.4 is 0 Å². The summed E-state index contributed by atoms with van der Waals surface area (Å²) in [5.74, 6) is -0.921. The van der Waals surface area contributed by atoms with E-state index in [-0.39, 0.29) is 6.10 Å². The quantitative estimate of drug-likeness (QED) is 0.836. The molecular formula is C9H13NO3S. The SMILES string of the molecule is CCO[C@@H](C)c1nc(C)c(C(=O)O)s1. The van der Waals surface area contributed by atoms with Crippen molar-refractivity contribution in [3.63, 3.8) is 0 Å². The first-order valence-corrected chi connectivity index (χ1v) is 5.20. The third-order valence-electron chi connectivity index (χ3n) is 1.77. The number of hydrogen-bond donors (Lipinski definition) is 1. The van der Waals surface area contributed by atoms with Crippen LogP contribution in [-0.2, 0) is 4.74 Å². The van der Waals surface area contributed by atoms with Crippen molar-refractivity contribution in [2.45, 2.75) is 26.9 Å². The number of rotatable bonds is 4. The monoisotopic (exact) mass is 215 g/mol. The lowest BCUT2D eigenvalue weighted by atomic mass is 10.4. The molecular weight excluding hydrogens is 202 g/mol. The fourth-order valence-electron chi connectivity index (χ4n) is 1.11. The molecule has 1 heterocycles. The molecule has 0 aliphatic carbocycles. The molecule has 14 heavy (non-hydrogen) atoms. The predicted octanol–water partition coefficient (Wildman–Crippen LogP) is 2.25. The topological polar surface area (TPSA) is 59.4 Å². The lowest BCUT2D eigenvalue weighted by molar-refractivity contribution is 0.0701. The number of hydrogen-bond acceptors (Lipinski definition) is 4. The van der Waals surface area contributed by atoms with Crippen molar-refractivity contribution < 1.29 is 14.6 Å². The van der Waals surface area contributed by atoms with E-state index in [4.69, 9.17) is 9.84 Å². The molecule has 4 nitrogen and oxygen atoms in total. The van der Waals surface area contributed by atoms with Gasteiger partial charge in [0.05, 0.1) is 5.69 Å². The van der Waals surface area contributed by atoms with Crippen molar-refractivity contribution in [3.05, 3.63) is 15.6 Å². The molecule has 0 saturated carbocycles. The van der Waals surface area contributed by atoms with Gasteiger partial charge in [-0.25, -0.2) is 9.78 Å². The molecule has 1 atom stereocenters. The van der Waals surface area contributed by atoms with E-state index >= 15 is 0 Å². The lowest BCUT2D eigenvalue weighted by Gasteiger charge is -2.06. The highest BCUT2D eigenvalue weighted by Crippen LogP contribution is 2.25. The second-order valence-corrected chi connectivity index (χ2v) is 3.90. The molecule has 1 N–H and O–H groups in total. The minimum atomic E-state index is -0.921. The van der Waals surface area contributed by atoms with E-state index in [0.29, 0.717) is 17.2 Å². The maximum absolute atomic E-state index is 10.7. The van der Waals surface area contributed by atoms with E-state index < -0.39 is 5.97 Å². The van der Waals surface area contributed by atoms with Crippen molar-refractivity contribution in [2.24, 2.45) is 0 Å². The smallest absolute Gasteiger partial charge is 0.347 e. The maximum Gasteiger partial charge on any atom is 0.347 e. The van der Waals surface area contributed by atoms with E-state index in [2.05, 4.69) is 4.98 Å². The zero-order valence-corrected chi connectivity index (χ0v) is 9.22. The van der Waals surface area contributed by atoms with Crippen LogP contribution in [0.1, 0.15) is 40.3 Å². The Balaban J connectivity index is 2.90. The molecule has 5 heteroatoms. The number of aryl methyl sites for hydroxylation is 1. The molecule has 0 fully saturated rings. The summed E-state index contributed by atoms with van der Waals surface area (Å²) in [7, 11) is 0. The number of carboxylic acids is 1. The van der Waals surface area contributed by atoms with Crippen molar-refractivity contribution in [1.29, 1.82) is 0 Å². The van der Waals surface area contributed by atoms with Crippen LogP contribution in [0.4, 0.5) is 0 Å². The third-order valence-corrected chi connectivity index (χ3v) is 3.08. The van der Waals surface area contributed by atoms with Crippen LogP contribution in [0.25, 0.3) is 0 Å². The second-order valence-electron chi connectivity index (χ2n) is 2.87. The summed E-state index contributed by atoms with van der Waals surface area (Å²) in [6.07, 6.45) is -0.128. The van der Waals surface area contributed by atoms with Gasteiger partial charge >= 0.3 is 5.97 Å². The van der Waals surface area contributed by atoms with E-state index in [9.17, 15) is 4.79 Å². The van der Waals surface area contributed by atoms with Crippen LogP contribution >= 0.6 is 11.3 Å². The summed E-state index contributed by atoms with van der Waals surface area (Å²) in [5, 5.41) is 9.54. The van der Waals surface area contributed by atoms with E-state index in [0.717, 1.165) is 5.01 Å². The average molecular weight is 215 g/mol.